The van der Waals surface area contributed by atoms with Gasteiger partial charge in [0, 0.05) is 22.6 Å². The highest BCUT2D eigenvalue weighted by atomic mass is 16.7. The zero-order valence-electron chi connectivity index (χ0n) is 19.8. The fourth-order valence-corrected chi connectivity index (χ4v) is 5.35. The molecule has 5 heterocycles. The summed E-state index contributed by atoms with van der Waals surface area (Å²) in [6.45, 7) is 5.94. The van der Waals surface area contributed by atoms with Gasteiger partial charge in [-0.2, -0.15) is 0 Å². The Bertz CT molecular complexity index is 1450. The first-order valence-corrected chi connectivity index (χ1v) is 12.1. The van der Waals surface area contributed by atoms with E-state index in [4.69, 9.17) is 19.2 Å². The quantitative estimate of drug-likeness (QED) is 0.322. The number of aromatic nitrogens is 2. The molecule has 1 atom stereocenters. The maximum absolute atomic E-state index is 13.5. The normalized spacial score (nSPS) is 19.5. The molecule has 9 heteroatoms. The van der Waals surface area contributed by atoms with Gasteiger partial charge in [0.25, 0.3) is 5.56 Å². The van der Waals surface area contributed by atoms with E-state index >= 15 is 0 Å². The Morgan fingerprint density at radius 2 is 1.89 bits per heavy atom. The molecule has 0 fully saturated rings. The van der Waals surface area contributed by atoms with E-state index < -0.39 is 11.6 Å². The Hall–Kier alpha value is -3.43. The summed E-state index contributed by atoms with van der Waals surface area (Å²) in [6, 6.07) is 5.59. The predicted molar refractivity (Wildman–Crippen MR) is 128 cm³/mol. The first-order chi connectivity index (χ1) is 17.0. The molecule has 3 aliphatic heterocycles. The molecule has 3 aliphatic rings. The van der Waals surface area contributed by atoms with Gasteiger partial charge in [-0.15, -0.1) is 0 Å². The topological polar surface area (TPSA) is 112 Å². The number of cyclic esters (lactones) is 1. The van der Waals surface area contributed by atoms with Gasteiger partial charge in [0.2, 0.25) is 6.79 Å². The smallest absolute Gasteiger partial charge is 0.343 e. The molecule has 6 rings (SSSR count). The number of nitrogens with one attached hydrogen (secondary N) is 1. The van der Waals surface area contributed by atoms with Gasteiger partial charge in [0.1, 0.15) is 6.61 Å². The summed E-state index contributed by atoms with van der Waals surface area (Å²) in [5.74, 6) is 0.606. The number of carbonyl (C=O) groups is 1. The van der Waals surface area contributed by atoms with Crippen molar-refractivity contribution < 1.29 is 24.1 Å². The fraction of sp³-hybridized carbons (Fsp3) is 0.423. The largest absolute Gasteiger partial charge is 0.458 e. The Morgan fingerprint density at radius 1 is 1.09 bits per heavy atom. The van der Waals surface area contributed by atoms with Gasteiger partial charge in [-0.25, -0.2) is 9.78 Å². The lowest BCUT2D eigenvalue weighted by Gasteiger charge is -2.31. The second-order valence-electron chi connectivity index (χ2n) is 9.24. The third-order valence-electron chi connectivity index (χ3n) is 7.28. The van der Waals surface area contributed by atoms with E-state index in [0.717, 1.165) is 48.0 Å². The van der Waals surface area contributed by atoms with Crippen LogP contribution in [0.2, 0.25) is 0 Å². The molecule has 0 spiro atoms. The van der Waals surface area contributed by atoms with Crippen molar-refractivity contribution in [1.29, 1.82) is 0 Å². The number of pyridine rings is 2. The number of carbonyl (C=O) groups excluding carboxylic acids is 1. The average Bonchev–Trinajstić information content (AvgIpc) is 3.47. The number of rotatable bonds is 6. The minimum atomic E-state index is -1.85. The van der Waals surface area contributed by atoms with E-state index in [1.165, 1.54) is 0 Å². The van der Waals surface area contributed by atoms with Crippen molar-refractivity contribution in [2.24, 2.45) is 0 Å². The van der Waals surface area contributed by atoms with Crippen LogP contribution in [0.4, 0.5) is 0 Å². The first-order valence-electron chi connectivity index (χ1n) is 12.1. The molecule has 2 aromatic heterocycles. The number of hydrogen-bond donors (Lipinski definition) is 2. The molecule has 3 aromatic rings. The van der Waals surface area contributed by atoms with Crippen molar-refractivity contribution in [3.63, 3.8) is 0 Å². The number of fused-ring (bicyclic) bond motifs is 6. The van der Waals surface area contributed by atoms with Gasteiger partial charge in [-0.05, 0) is 50.0 Å². The van der Waals surface area contributed by atoms with E-state index in [0.29, 0.717) is 40.6 Å². The monoisotopic (exact) mass is 477 g/mol. The highest BCUT2D eigenvalue weighted by Crippen LogP contribution is 2.43. The molecule has 35 heavy (non-hydrogen) atoms. The lowest BCUT2D eigenvalue weighted by Crippen LogP contribution is -2.44. The Labute approximate surface area is 201 Å². The van der Waals surface area contributed by atoms with Crippen molar-refractivity contribution in [2.45, 2.75) is 51.9 Å². The Balaban J connectivity index is 1.57. The molecule has 182 valence electrons. The zero-order chi connectivity index (χ0) is 24.3. The molecule has 0 radical (unpaired) electrons. The van der Waals surface area contributed by atoms with Gasteiger partial charge in [0.05, 0.1) is 29.0 Å². The summed E-state index contributed by atoms with van der Waals surface area (Å²) < 4.78 is 18.1. The van der Waals surface area contributed by atoms with Crippen molar-refractivity contribution in [3.05, 3.63) is 50.8 Å². The maximum Gasteiger partial charge on any atom is 0.343 e. The first kappa shape index (κ1) is 22.1. The number of nitrogens with zero attached hydrogens (tertiary/aromatic N) is 2. The number of aliphatic hydroxyl groups is 1. The number of hydrogen-bond acceptors (Lipinski definition) is 8. The third kappa shape index (κ3) is 3.18. The molecular weight excluding hydrogens is 450 g/mol. The molecule has 0 unspecified atom stereocenters. The average molecular weight is 478 g/mol. The van der Waals surface area contributed by atoms with Gasteiger partial charge < -0.3 is 29.2 Å². The molecule has 9 nitrogen and oxygen atoms in total. The summed E-state index contributed by atoms with van der Waals surface area (Å²) in [4.78, 5) is 30.9. The Kier molecular flexibility index (Phi) is 5.08. The molecule has 0 bridgehead atoms. The van der Waals surface area contributed by atoms with E-state index in [9.17, 15) is 14.7 Å². The standard InChI is InChI=1S/C26H27N3O6/c1-3-6-27-7-5-14-15-8-21-22(35-13-34-21)10-19(15)28-23-16(14)11-29-20(23)9-18-17(24(29)30)12-33-25(31)26(18,32)4-2/h8-10,27,32H,3-7,11-13H2,1-2H3/t26-/m0/s1. The van der Waals surface area contributed by atoms with Crippen molar-refractivity contribution in [2.75, 3.05) is 19.9 Å². The van der Waals surface area contributed by atoms with Gasteiger partial charge in [0.15, 0.2) is 17.1 Å². The third-order valence-corrected chi connectivity index (χ3v) is 7.28. The van der Waals surface area contributed by atoms with Crippen LogP contribution in [0.25, 0.3) is 22.3 Å². The minimum absolute atomic E-state index is 0.109. The highest BCUT2D eigenvalue weighted by molar-refractivity contribution is 5.91. The van der Waals surface area contributed by atoms with E-state index in [1.807, 2.05) is 12.1 Å². The van der Waals surface area contributed by atoms with Crippen LogP contribution in [-0.2, 0) is 34.7 Å². The number of esters is 1. The van der Waals surface area contributed by atoms with Crippen molar-refractivity contribution in [3.8, 4) is 22.9 Å². The lowest BCUT2D eigenvalue weighted by atomic mass is 9.86. The van der Waals surface area contributed by atoms with Crippen LogP contribution in [-0.4, -0.2) is 40.5 Å². The zero-order valence-corrected chi connectivity index (χ0v) is 19.8. The summed E-state index contributed by atoms with van der Waals surface area (Å²) in [6.07, 6.45) is 1.91. The van der Waals surface area contributed by atoms with Crippen LogP contribution in [0.1, 0.15) is 48.9 Å². The Morgan fingerprint density at radius 3 is 2.66 bits per heavy atom. The molecule has 0 saturated heterocycles. The maximum atomic E-state index is 13.5. The van der Waals surface area contributed by atoms with Crippen molar-refractivity contribution >= 4 is 16.9 Å². The van der Waals surface area contributed by atoms with Crippen molar-refractivity contribution in [1.82, 2.24) is 14.9 Å². The molecule has 0 saturated carbocycles. The molecule has 2 N–H and O–H groups in total. The van der Waals surface area contributed by atoms with E-state index in [1.54, 1.807) is 17.6 Å². The molecule has 0 aliphatic carbocycles. The number of ether oxygens (including phenoxy) is 3. The van der Waals surface area contributed by atoms with E-state index in [-0.39, 0.29) is 25.4 Å². The summed E-state index contributed by atoms with van der Waals surface area (Å²) >= 11 is 0. The highest BCUT2D eigenvalue weighted by Gasteiger charge is 2.45. The molecule has 0 amide bonds. The minimum Gasteiger partial charge on any atom is -0.458 e. The van der Waals surface area contributed by atoms with Gasteiger partial charge in [-0.3, -0.25) is 4.79 Å². The van der Waals surface area contributed by atoms with Crippen LogP contribution in [0.15, 0.2) is 23.0 Å². The SMILES string of the molecule is CCCNCCc1c2c(nc3cc4c(cc13)OCO4)-c1cc3c(c(=O)n1C2)COC(=O)[C@]3(O)CC. The molecular formula is C26H27N3O6. The number of benzene rings is 1. The van der Waals surface area contributed by atoms with Crippen LogP contribution < -0.4 is 20.3 Å². The van der Waals surface area contributed by atoms with Crippen LogP contribution in [0, 0.1) is 0 Å². The van der Waals surface area contributed by atoms with Gasteiger partial charge >= 0.3 is 5.97 Å². The van der Waals surface area contributed by atoms with Crippen LogP contribution in [0.5, 0.6) is 11.5 Å². The van der Waals surface area contributed by atoms with E-state index in [2.05, 4.69) is 12.2 Å². The summed E-state index contributed by atoms with van der Waals surface area (Å²) in [5, 5.41) is 15.6. The van der Waals surface area contributed by atoms with Crippen LogP contribution >= 0.6 is 0 Å². The second-order valence-corrected chi connectivity index (χ2v) is 9.24. The molecule has 1 aromatic carbocycles. The summed E-state index contributed by atoms with van der Waals surface area (Å²) in [5.41, 5.74) is 2.66. The summed E-state index contributed by atoms with van der Waals surface area (Å²) in [7, 11) is 0. The second kappa shape index (κ2) is 8.07. The fourth-order valence-electron chi connectivity index (χ4n) is 5.35. The predicted octanol–water partition coefficient (Wildman–Crippen LogP) is 2.35. The van der Waals surface area contributed by atoms with Gasteiger partial charge in [-0.1, -0.05) is 13.8 Å². The lowest BCUT2D eigenvalue weighted by molar-refractivity contribution is -0.172. The van der Waals surface area contributed by atoms with Crippen LogP contribution in [0.3, 0.4) is 0 Å².